The Morgan fingerprint density at radius 1 is 1.42 bits per heavy atom. The Kier molecular flexibility index (Phi) is 2.58. The van der Waals surface area contributed by atoms with Crippen LogP contribution < -0.4 is 16.4 Å². The second-order valence-electron chi connectivity index (χ2n) is 4.84. The zero-order chi connectivity index (χ0) is 13.8. The summed E-state index contributed by atoms with van der Waals surface area (Å²) in [5, 5.41) is 14.5. The fourth-order valence-corrected chi connectivity index (χ4v) is 3.10. The van der Waals surface area contributed by atoms with Gasteiger partial charge >= 0.3 is 0 Å². The molecule has 2 aliphatic heterocycles. The number of fused-ring (bicyclic) bond motifs is 2. The lowest BCUT2D eigenvalue weighted by atomic mass is 9.79. The third-order valence-corrected chi connectivity index (χ3v) is 4.42. The molecule has 2 aliphatic rings. The van der Waals surface area contributed by atoms with E-state index < -0.39 is 11.5 Å². The molecule has 1 fully saturated rings. The number of aliphatic hydroxyl groups excluding tert-OH is 1. The zero-order valence-corrected chi connectivity index (χ0v) is 11.5. The summed E-state index contributed by atoms with van der Waals surface area (Å²) >= 11 is 3.31. The molecule has 0 radical (unpaired) electrons. The van der Waals surface area contributed by atoms with Crippen molar-refractivity contribution in [3.8, 4) is 0 Å². The first-order valence-corrected chi connectivity index (χ1v) is 6.61. The largest absolute Gasteiger partial charge is 0.398 e. The number of amides is 2. The molecular formula is C12H12BrN3O3. The van der Waals surface area contributed by atoms with Crippen molar-refractivity contribution in [2.45, 2.75) is 17.9 Å². The van der Waals surface area contributed by atoms with Crippen molar-refractivity contribution in [2.75, 3.05) is 17.7 Å². The van der Waals surface area contributed by atoms with Crippen LogP contribution >= 0.6 is 15.9 Å². The molecule has 2 heterocycles. The molecule has 6 nitrogen and oxygen atoms in total. The van der Waals surface area contributed by atoms with Gasteiger partial charge in [-0.15, -0.1) is 0 Å². The molecule has 1 spiro atoms. The highest BCUT2D eigenvalue weighted by atomic mass is 79.9. The Morgan fingerprint density at radius 2 is 2.16 bits per heavy atom. The smallest absolute Gasteiger partial charge is 0.244 e. The van der Waals surface area contributed by atoms with Gasteiger partial charge in [0.1, 0.15) is 0 Å². The van der Waals surface area contributed by atoms with Crippen molar-refractivity contribution in [3.05, 3.63) is 22.2 Å². The van der Waals surface area contributed by atoms with Crippen molar-refractivity contribution in [3.63, 3.8) is 0 Å². The maximum Gasteiger partial charge on any atom is 0.244 e. The Morgan fingerprint density at radius 3 is 2.79 bits per heavy atom. The maximum atomic E-state index is 12.2. The summed E-state index contributed by atoms with van der Waals surface area (Å²) in [5.74, 6) is -0.743. The average molecular weight is 326 g/mol. The molecule has 7 heteroatoms. The highest BCUT2D eigenvalue weighted by molar-refractivity contribution is 9.10. The molecule has 19 heavy (non-hydrogen) atoms. The first-order valence-electron chi connectivity index (χ1n) is 5.82. The summed E-state index contributed by atoms with van der Waals surface area (Å²) in [7, 11) is 0. The van der Waals surface area contributed by atoms with E-state index in [0.717, 1.165) is 0 Å². The number of nitrogens with two attached hydrogens (primary N) is 1. The van der Waals surface area contributed by atoms with Gasteiger partial charge in [0.15, 0.2) is 5.41 Å². The second-order valence-corrected chi connectivity index (χ2v) is 5.69. The monoisotopic (exact) mass is 325 g/mol. The Hall–Kier alpha value is -1.60. The van der Waals surface area contributed by atoms with Crippen LogP contribution in [0.15, 0.2) is 16.6 Å². The van der Waals surface area contributed by atoms with E-state index in [1.165, 1.54) is 0 Å². The summed E-state index contributed by atoms with van der Waals surface area (Å²) in [4.78, 5) is 24.4. The molecule has 0 unspecified atom stereocenters. The molecular weight excluding hydrogens is 314 g/mol. The number of carbonyl (C=O) groups excluding carboxylic acids is 2. The molecule has 100 valence electrons. The normalized spacial score (nSPS) is 28.4. The Labute approximate surface area is 117 Å². The molecule has 1 saturated heterocycles. The van der Waals surface area contributed by atoms with Crippen LogP contribution in [-0.2, 0) is 15.0 Å². The number of nitrogens with one attached hydrogen (secondary N) is 2. The van der Waals surface area contributed by atoms with Crippen LogP contribution in [0.3, 0.4) is 0 Å². The number of hydrogen-bond acceptors (Lipinski definition) is 4. The standard InChI is InChI=1S/C12H12BrN3O3/c13-7-1-6-9(2-8(7)14)16-11(19)12(6)3-5(4-17)15-10(12)18/h1-2,5,17H,3-4,14H2,(H,15,18)(H,16,19)/t5-,12+/m1/s1. The third kappa shape index (κ3) is 1.51. The molecule has 1 aromatic carbocycles. The topological polar surface area (TPSA) is 104 Å². The number of benzene rings is 1. The first kappa shape index (κ1) is 12.4. The lowest BCUT2D eigenvalue weighted by molar-refractivity contribution is -0.131. The molecule has 0 aliphatic carbocycles. The predicted octanol–water partition coefficient (Wildman–Crippen LogP) is 0.102. The van der Waals surface area contributed by atoms with Gasteiger partial charge in [-0.2, -0.15) is 0 Å². The number of halogens is 1. The highest BCUT2D eigenvalue weighted by Gasteiger charge is 2.58. The van der Waals surface area contributed by atoms with Gasteiger partial charge in [-0.1, -0.05) is 0 Å². The SMILES string of the molecule is Nc1cc2c(cc1Br)[C@]1(C[C@H](CO)NC1=O)C(=O)N2. The van der Waals surface area contributed by atoms with Crippen LogP contribution in [-0.4, -0.2) is 29.6 Å². The number of hydrogen-bond donors (Lipinski definition) is 4. The van der Waals surface area contributed by atoms with E-state index in [0.29, 0.717) is 21.4 Å². The molecule has 2 amide bonds. The predicted molar refractivity (Wildman–Crippen MR) is 72.5 cm³/mol. The molecule has 0 bridgehead atoms. The van der Waals surface area contributed by atoms with Crippen molar-refractivity contribution < 1.29 is 14.7 Å². The van der Waals surface area contributed by atoms with Gasteiger partial charge in [-0.05, 0) is 34.5 Å². The summed E-state index contributed by atoms with van der Waals surface area (Å²) in [6, 6.07) is 2.92. The molecule has 0 aromatic heterocycles. The molecule has 2 atom stereocenters. The van der Waals surface area contributed by atoms with Crippen LogP contribution in [0.25, 0.3) is 0 Å². The van der Waals surface area contributed by atoms with Crippen LogP contribution in [0.1, 0.15) is 12.0 Å². The summed E-state index contributed by atoms with van der Waals surface area (Å²) in [6.07, 6.45) is 0.248. The van der Waals surface area contributed by atoms with Crippen molar-refractivity contribution >= 4 is 39.1 Å². The molecule has 3 rings (SSSR count). The van der Waals surface area contributed by atoms with E-state index >= 15 is 0 Å². The first-order chi connectivity index (χ1) is 8.99. The summed E-state index contributed by atoms with van der Waals surface area (Å²) < 4.78 is 0.641. The minimum absolute atomic E-state index is 0.188. The van der Waals surface area contributed by atoms with Gasteiger partial charge in [0.2, 0.25) is 11.8 Å². The van der Waals surface area contributed by atoms with Crippen LogP contribution in [0.2, 0.25) is 0 Å². The van der Waals surface area contributed by atoms with Crippen molar-refractivity contribution in [1.82, 2.24) is 5.32 Å². The van der Waals surface area contributed by atoms with E-state index in [1.807, 2.05) is 0 Å². The average Bonchev–Trinajstić information content (AvgIpc) is 2.83. The summed E-state index contributed by atoms with van der Waals surface area (Å²) in [5.41, 5.74) is 6.18. The fraction of sp³-hybridized carbons (Fsp3) is 0.333. The Balaban J connectivity index is 2.18. The number of carbonyl (C=O) groups is 2. The number of rotatable bonds is 1. The van der Waals surface area contributed by atoms with Gasteiger partial charge in [0.25, 0.3) is 0 Å². The third-order valence-electron chi connectivity index (χ3n) is 3.73. The number of aliphatic hydroxyl groups is 1. The van der Waals surface area contributed by atoms with Gasteiger partial charge in [-0.3, -0.25) is 9.59 Å². The highest BCUT2D eigenvalue weighted by Crippen LogP contribution is 2.46. The van der Waals surface area contributed by atoms with Crippen molar-refractivity contribution in [1.29, 1.82) is 0 Å². The van der Waals surface area contributed by atoms with Gasteiger partial charge < -0.3 is 21.5 Å². The van der Waals surface area contributed by atoms with E-state index in [4.69, 9.17) is 5.73 Å². The van der Waals surface area contributed by atoms with Gasteiger partial charge in [0, 0.05) is 21.4 Å². The molecule has 5 N–H and O–H groups in total. The van der Waals surface area contributed by atoms with Crippen LogP contribution in [0, 0.1) is 0 Å². The summed E-state index contributed by atoms with van der Waals surface area (Å²) in [6.45, 7) is -0.188. The van der Waals surface area contributed by atoms with Crippen LogP contribution in [0.4, 0.5) is 11.4 Å². The van der Waals surface area contributed by atoms with E-state index in [-0.39, 0.29) is 24.8 Å². The second kappa shape index (κ2) is 3.94. The van der Waals surface area contributed by atoms with Gasteiger partial charge in [-0.25, -0.2) is 0 Å². The van der Waals surface area contributed by atoms with E-state index in [2.05, 4.69) is 26.6 Å². The van der Waals surface area contributed by atoms with E-state index in [1.54, 1.807) is 12.1 Å². The maximum absolute atomic E-state index is 12.2. The Bertz CT molecular complexity index is 604. The number of nitrogen functional groups attached to an aromatic ring is 1. The van der Waals surface area contributed by atoms with E-state index in [9.17, 15) is 14.7 Å². The fourth-order valence-electron chi connectivity index (χ4n) is 2.76. The zero-order valence-electron chi connectivity index (χ0n) is 9.87. The minimum Gasteiger partial charge on any atom is -0.398 e. The lowest BCUT2D eigenvalue weighted by Crippen LogP contribution is -2.41. The van der Waals surface area contributed by atoms with Crippen molar-refractivity contribution in [2.24, 2.45) is 0 Å². The van der Waals surface area contributed by atoms with Gasteiger partial charge in [0.05, 0.1) is 12.6 Å². The minimum atomic E-state index is -1.25. The quantitative estimate of drug-likeness (QED) is 0.434. The lowest BCUT2D eigenvalue weighted by Gasteiger charge is -2.18. The molecule has 0 saturated carbocycles. The number of anilines is 2. The molecule has 1 aromatic rings. The van der Waals surface area contributed by atoms with Crippen LogP contribution in [0.5, 0.6) is 0 Å².